The van der Waals surface area contributed by atoms with Gasteiger partial charge in [-0.05, 0) is 43.5 Å². The highest BCUT2D eigenvalue weighted by atomic mass is 16.5. The first kappa shape index (κ1) is 15.7. The Morgan fingerprint density at radius 2 is 1.78 bits per heavy atom. The van der Waals surface area contributed by atoms with E-state index in [0.717, 1.165) is 25.9 Å². The van der Waals surface area contributed by atoms with E-state index in [1.54, 1.807) is 24.3 Å². The highest BCUT2D eigenvalue weighted by Crippen LogP contribution is 2.23. The van der Waals surface area contributed by atoms with Crippen LogP contribution in [-0.4, -0.2) is 44.0 Å². The van der Waals surface area contributed by atoms with Gasteiger partial charge in [-0.1, -0.05) is 0 Å². The SMILES string of the molecule is COC(=O)c1ccc(N2C(=O)C[C@H]([NH+]3CCCCC3)C2=O)cc1. The molecule has 2 heterocycles. The van der Waals surface area contributed by atoms with Crippen molar-refractivity contribution in [3.8, 4) is 0 Å². The lowest BCUT2D eigenvalue weighted by Gasteiger charge is -2.27. The van der Waals surface area contributed by atoms with Crippen molar-refractivity contribution in [1.29, 1.82) is 0 Å². The van der Waals surface area contributed by atoms with E-state index >= 15 is 0 Å². The van der Waals surface area contributed by atoms with Gasteiger partial charge in [0.1, 0.15) is 0 Å². The number of hydrogen-bond donors (Lipinski definition) is 1. The zero-order chi connectivity index (χ0) is 16.4. The maximum Gasteiger partial charge on any atom is 0.337 e. The Hall–Kier alpha value is -2.21. The fourth-order valence-corrected chi connectivity index (χ4v) is 3.44. The summed E-state index contributed by atoms with van der Waals surface area (Å²) >= 11 is 0. The average Bonchev–Trinajstić information content (AvgIpc) is 2.89. The van der Waals surface area contributed by atoms with Crippen LogP contribution in [0.15, 0.2) is 24.3 Å². The number of carbonyl (C=O) groups excluding carboxylic acids is 3. The van der Waals surface area contributed by atoms with E-state index in [-0.39, 0.29) is 24.3 Å². The number of benzene rings is 1. The number of quaternary nitrogens is 1. The number of imide groups is 1. The second-order valence-electron chi connectivity index (χ2n) is 6.08. The molecule has 0 aliphatic carbocycles. The molecule has 0 saturated carbocycles. The van der Waals surface area contributed by atoms with Crippen molar-refractivity contribution in [2.75, 3.05) is 25.1 Å². The summed E-state index contributed by atoms with van der Waals surface area (Å²) in [5.74, 6) is -0.729. The standard InChI is InChI=1S/C17H20N2O4/c1-23-17(22)12-5-7-13(8-6-12)19-15(20)11-14(16(19)21)18-9-3-2-4-10-18/h5-8,14H,2-4,9-11H2,1H3/p+1/t14-/m0/s1. The molecule has 122 valence electrons. The molecule has 0 aromatic heterocycles. The quantitative estimate of drug-likeness (QED) is 0.638. The molecule has 1 atom stereocenters. The van der Waals surface area contributed by atoms with E-state index < -0.39 is 5.97 Å². The normalized spacial score (nSPS) is 22.5. The predicted molar refractivity (Wildman–Crippen MR) is 83.2 cm³/mol. The van der Waals surface area contributed by atoms with Gasteiger partial charge < -0.3 is 9.64 Å². The monoisotopic (exact) mass is 317 g/mol. The van der Waals surface area contributed by atoms with Crippen LogP contribution >= 0.6 is 0 Å². The first-order valence-electron chi connectivity index (χ1n) is 8.01. The molecule has 2 aliphatic heterocycles. The first-order chi connectivity index (χ1) is 11.1. The number of hydrogen-bond acceptors (Lipinski definition) is 4. The summed E-state index contributed by atoms with van der Waals surface area (Å²) in [6.45, 7) is 1.91. The van der Waals surface area contributed by atoms with Crippen LogP contribution in [0.4, 0.5) is 5.69 Å². The van der Waals surface area contributed by atoms with Gasteiger partial charge >= 0.3 is 5.97 Å². The molecule has 0 spiro atoms. The van der Waals surface area contributed by atoms with E-state index in [4.69, 9.17) is 0 Å². The number of rotatable bonds is 3. The van der Waals surface area contributed by atoms with Crippen LogP contribution in [0.2, 0.25) is 0 Å². The van der Waals surface area contributed by atoms with Crippen LogP contribution in [0.3, 0.4) is 0 Å². The number of nitrogens with zero attached hydrogens (tertiary/aromatic N) is 1. The summed E-state index contributed by atoms with van der Waals surface area (Å²) in [6.07, 6.45) is 3.70. The molecule has 1 aromatic rings. The van der Waals surface area contributed by atoms with Crippen molar-refractivity contribution < 1.29 is 24.0 Å². The number of nitrogens with one attached hydrogen (secondary N) is 1. The van der Waals surface area contributed by atoms with Crippen LogP contribution in [0.25, 0.3) is 0 Å². The maximum atomic E-state index is 12.7. The summed E-state index contributed by atoms with van der Waals surface area (Å²) < 4.78 is 4.65. The van der Waals surface area contributed by atoms with Gasteiger partial charge in [-0.15, -0.1) is 0 Å². The number of piperidine rings is 1. The van der Waals surface area contributed by atoms with Crippen LogP contribution < -0.4 is 9.80 Å². The molecule has 2 saturated heterocycles. The second kappa shape index (κ2) is 6.50. The van der Waals surface area contributed by atoms with Crippen LogP contribution in [0.1, 0.15) is 36.0 Å². The predicted octanol–water partition coefficient (Wildman–Crippen LogP) is 0.174. The lowest BCUT2D eigenvalue weighted by Crippen LogP contribution is -3.17. The number of anilines is 1. The molecule has 0 unspecified atom stereocenters. The summed E-state index contributed by atoms with van der Waals surface area (Å²) in [6, 6.07) is 6.13. The van der Waals surface area contributed by atoms with E-state index in [0.29, 0.717) is 11.3 Å². The molecule has 2 amide bonds. The molecule has 1 N–H and O–H groups in total. The Morgan fingerprint density at radius 1 is 1.13 bits per heavy atom. The Bertz CT molecular complexity index is 620. The van der Waals surface area contributed by atoms with Crippen molar-refractivity contribution in [3.05, 3.63) is 29.8 Å². The number of ether oxygens (including phenoxy) is 1. The maximum absolute atomic E-state index is 12.7. The van der Waals surface area contributed by atoms with Gasteiger partial charge in [0.2, 0.25) is 5.91 Å². The van der Waals surface area contributed by atoms with E-state index in [2.05, 4.69) is 4.74 Å². The average molecular weight is 317 g/mol. The Morgan fingerprint density at radius 3 is 2.39 bits per heavy atom. The van der Waals surface area contributed by atoms with Gasteiger partial charge in [0.15, 0.2) is 6.04 Å². The van der Waals surface area contributed by atoms with Gasteiger partial charge in [-0.3, -0.25) is 9.59 Å². The molecule has 6 heteroatoms. The van der Waals surface area contributed by atoms with Crippen molar-refractivity contribution in [1.82, 2.24) is 0 Å². The second-order valence-corrected chi connectivity index (χ2v) is 6.08. The van der Waals surface area contributed by atoms with Crippen molar-refractivity contribution in [2.24, 2.45) is 0 Å². The van der Waals surface area contributed by atoms with Gasteiger partial charge in [-0.25, -0.2) is 9.69 Å². The van der Waals surface area contributed by atoms with Crippen molar-refractivity contribution in [3.63, 3.8) is 0 Å². The Labute approximate surface area is 135 Å². The smallest absolute Gasteiger partial charge is 0.337 e. The molecule has 0 bridgehead atoms. The molecular weight excluding hydrogens is 296 g/mol. The van der Waals surface area contributed by atoms with E-state index in [1.165, 1.54) is 23.3 Å². The largest absolute Gasteiger partial charge is 0.465 e. The van der Waals surface area contributed by atoms with Crippen LogP contribution in [0.5, 0.6) is 0 Å². The Kier molecular flexibility index (Phi) is 4.43. The van der Waals surface area contributed by atoms with Crippen molar-refractivity contribution >= 4 is 23.5 Å². The minimum absolute atomic E-state index is 0.127. The van der Waals surface area contributed by atoms with Gasteiger partial charge in [0.25, 0.3) is 5.91 Å². The fourth-order valence-electron chi connectivity index (χ4n) is 3.44. The third kappa shape index (κ3) is 2.99. The molecule has 1 aromatic carbocycles. The molecule has 2 aliphatic rings. The molecule has 23 heavy (non-hydrogen) atoms. The van der Waals surface area contributed by atoms with Gasteiger partial charge in [0, 0.05) is 0 Å². The van der Waals surface area contributed by atoms with Crippen LogP contribution in [-0.2, 0) is 14.3 Å². The minimum Gasteiger partial charge on any atom is -0.465 e. The number of amides is 2. The molecule has 2 fully saturated rings. The van der Waals surface area contributed by atoms with Gasteiger partial charge in [-0.2, -0.15) is 0 Å². The third-order valence-corrected chi connectivity index (χ3v) is 4.68. The summed E-state index contributed by atoms with van der Waals surface area (Å²) in [7, 11) is 1.32. The number of esters is 1. The topological polar surface area (TPSA) is 68.1 Å². The lowest BCUT2D eigenvalue weighted by molar-refractivity contribution is -0.919. The highest BCUT2D eigenvalue weighted by molar-refractivity contribution is 6.21. The van der Waals surface area contributed by atoms with Crippen LogP contribution in [0, 0.1) is 0 Å². The summed E-state index contributed by atoms with van der Waals surface area (Å²) in [5.41, 5.74) is 0.917. The molecular formula is C17H21N2O4+. The van der Waals surface area contributed by atoms with E-state index in [1.807, 2.05) is 0 Å². The molecule has 6 nitrogen and oxygen atoms in total. The number of likely N-dealkylation sites (tertiary alicyclic amines) is 1. The summed E-state index contributed by atoms with van der Waals surface area (Å²) in [5, 5.41) is 0. The lowest BCUT2D eigenvalue weighted by atomic mass is 10.1. The minimum atomic E-state index is -0.439. The Balaban J connectivity index is 1.78. The summed E-state index contributed by atoms with van der Waals surface area (Å²) in [4.78, 5) is 38.9. The first-order valence-corrected chi connectivity index (χ1v) is 8.01. The zero-order valence-electron chi connectivity index (χ0n) is 13.2. The number of carbonyl (C=O) groups is 3. The molecule has 3 rings (SSSR count). The highest BCUT2D eigenvalue weighted by Gasteiger charge is 2.45. The zero-order valence-corrected chi connectivity index (χ0v) is 13.2. The number of methoxy groups -OCH3 is 1. The van der Waals surface area contributed by atoms with Crippen molar-refractivity contribution in [2.45, 2.75) is 31.7 Å². The fraction of sp³-hybridized carbons (Fsp3) is 0.471. The van der Waals surface area contributed by atoms with Gasteiger partial charge in [0.05, 0.1) is 37.9 Å². The van der Waals surface area contributed by atoms with E-state index in [9.17, 15) is 14.4 Å². The molecule has 0 radical (unpaired) electrons. The third-order valence-electron chi connectivity index (χ3n) is 4.68.